The number of nitrogens with one attached hydrogen (secondary N) is 1. The van der Waals surface area contributed by atoms with E-state index in [0.29, 0.717) is 11.5 Å². The Labute approximate surface area is 151 Å². The largest absolute Gasteiger partial charge is 0.324 e. The number of aryl methyl sites for hydroxylation is 4. The van der Waals surface area contributed by atoms with Crippen molar-refractivity contribution in [3.63, 3.8) is 0 Å². The first-order valence-electron chi connectivity index (χ1n) is 8.32. The minimum atomic E-state index is -0.342. The smallest absolute Gasteiger partial charge is 0.267 e. The van der Waals surface area contributed by atoms with Gasteiger partial charge < -0.3 is 5.32 Å². The molecule has 3 aromatic rings. The van der Waals surface area contributed by atoms with Crippen LogP contribution in [0.4, 0.5) is 5.69 Å². The number of carbonyl (C=O) groups excluding carboxylic acids is 1. The van der Waals surface area contributed by atoms with Crippen LogP contribution in [0.3, 0.4) is 0 Å². The molecule has 0 bridgehead atoms. The lowest BCUT2D eigenvalue weighted by atomic mass is 10.1. The summed E-state index contributed by atoms with van der Waals surface area (Å²) in [5.41, 5.74) is 4.35. The van der Waals surface area contributed by atoms with E-state index in [4.69, 9.17) is 0 Å². The monoisotopic (exact) mass is 351 g/mol. The van der Waals surface area contributed by atoms with E-state index in [0.717, 1.165) is 27.2 Å². The minimum Gasteiger partial charge on any atom is -0.324 e. The highest BCUT2D eigenvalue weighted by Gasteiger charge is 2.10. The second-order valence-electron chi connectivity index (χ2n) is 6.37. The molecule has 0 aliphatic rings. The van der Waals surface area contributed by atoms with Crippen LogP contribution in [0.25, 0.3) is 5.82 Å². The molecule has 0 fully saturated rings. The molecular formula is C19H21N5O2. The van der Waals surface area contributed by atoms with Crippen LogP contribution in [-0.4, -0.2) is 25.5 Å². The quantitative estimate of drug-likeness (QED) is 0.782. The molecule has 7 heteroatoms. The van der Waals surface area contributed by atoms with Gasteiger partial charge >= 0.3 is 0 Å². The lowest BCUT2D eigenvalue weighted by molar-refractivity contribution is -0.117. The summed E-state index contributed by atoms with van der Waals surface area (Å²) in [6, 6.07) is 10.6. The lowest BCUT2D eigenvalue weighted by Gasteiger charge is -2.10. The molecule has 1 aromatic carbocycles. The van der Waals surface area contributed by atoms with Crippen molar-refractivity contribution in [1.29, 1.82) is 0 Å². The highest BCUT2D eigenvalue weighted by molar-refractivity contribution is 5.90. The van der Waals surface area contributed by atoms with Gasteiger partial charge in [-0.05, 0) is 63.1 Å². The van der Waals surface area contributed by atoms with Crippen LogP contribution in [0.1, 0.15) is 22.5 Å². The molecule has 0 atom stereocenters. The summed E-state index contributed by atoms with van der Waals surface area (Å²) >= 11 is 0. The predicted octanol–water partition coefficient (Wildman–Crippen LogP) is 2.30. The summed E-state index contributed by atoms with van der Waals surface area (Å²) < 4.78 is 2.79. The average Bonchev–Trinajstić information content (AvgIpc) is 2.91. The summed E-state index contributed by atoms with van der Waals surface area (Å²) in [4.78, 5) is 24.4. The van der Waals surface area contributed by atoms with E-state index in [1.54, 1.807) is 10.7 Å². The molecule has 1 amide bonds. The van der Waals surface area contributed by atoms with Crippen molar-refractivity contribution in [3.8, 4) is 5.82 Å². The van der Waals surface area contributed by atoms with Crippen molar-refractivity contribution in [1.82, 2.24) is 19.6 Å². The number of hydrogen-bond acceptors (Lipinski definition) is 4. The number of rotatable bonds is 4. The lowest BCUT2D eigenvalue weighted by Crippen LogP contribution is -2.30. The number of amides is 1. The van der Waals surface area contributed by atoms with Crippen molar-refractivity contribution in [2.45, 2.75) is 34.2 Å². The molecule has 26 heavy (non-hydrogen) atoms. The molecule has 0 aliphatic carbocycles. The molecule has 7 nitrogen and oxygen atoms in total. The van der Waals surface area contributed by atoms with Crippen molar-refractivity contribution in [3.05, 3.63) is 69.3 Å². The zero-order valence-corrected chi connectivity index (χ0v) is 15.3. The molecule has 1 N–H and O–H groups in total. The summed E-state index contributed by atoms with van der Waals surface area (Å²) in [5, 5.41) is 11.4. The summed E-state index contributed by atoms with van der Waals surface area (Å²) in [6.07, 6.45) is 0. The number of aromatic nitrogens is 4. The van der Waals surface area contributed by atoms with Crippen LogP contribution in [0.15, 0.2) is 41.2 Å². The number of nitrogens with zero attached hydrogens (tertiary/aromatic N) is 4. The third kappa shape index (κ3) is 3.72. The topological polar surface area (TPSA) is 81.8 Å². The van der Waals surface area contributed by atoms with Crippen molar-refractivity contribution < 1.29 is 4.79 Å². The zero-order chi connectivity index (χ0) is 18.8. The van der Waals surface area contributed by atoms with E-state index in [2.05, 4.69) is 15.5 Å². The number of hydrogen-bond donors (Lipinski definition) is 1. The fourth-order valence-electron chi connectivity index (χ4n) is 2.68. The van der Waals surface area contributed by atoms with Gasteiger partial charge in [0.15, 0.2) is 5.82 Å². The first kappa shape index (κ1) is 17.6. The maximum atomic E-state index is 12.3. The molecule has 3 rings (SSSR count). The zero-order valence-electron chi connectivity index (χ0n) is 15.3. The molecular weight excluding hydrogens is 330 g/mol. The Morgan fingerprint density at radius 3 is 2.42 bits per heavy atom. The molecule has 0 unspecified atom stereocenters. The second-order valence-corrected chi connectivity index (χ2v) is 6.37. The van der Waals surface area contributed by atoms with Gasteiger partial charge in [0.1, 0.15) is 6.54 Å². The molecule has 0 spiro atoms. The maximum absolute atomic E-state index is 12.3. The van der Waals surface area contributed by atoms with Gasteiger partial charge in [0.25, 0.3) is 5.56 Å². The highest BCUT2D eigenvalue weighted by atomic mass is 16.2. The van der Waals surface area contributed by atoms with E-state index in [-0.39, 0.29) is 18.0 Å². The van der Waals surface area contributed by atoms with Gasteiger partial charge in [-0.2, -0.15) is 5.10 Å². The van der Waals surface area contributed by atoms with Gasteiger partial charge in [-0.3, -0.25) is 9.59 Å². The van der Waals surface area contributed by atoms with Crippen LogP contribution in [-0.2, 0) is 11.3 Å². The van der Waals surface area contributed by atoms with Crippen LogP contribution >= 0.6 is 0 Å². The Balaban J connectivity index is 1.81. The van der Waals surface area contributed by atoms with E-state index in [1.807, 2.05) is 52.0 Å². The number of anilines is 1. The van der Waals surface area contributed by atoms with Crippen LogP contribution in [0, 0.1) is 27.7 Å². The van der Waals surface area contributed by atoms with Crippen molar-refractivity contribution in [2.24, 2.45) is 0 Å². The van der Waals surface area contributed by atoms with Crippen molar-refractivity contribution in [2.75, 3.05) is 5.32 Å². The number of benzene rings is 1. The molecule has 0 aliphatic heterocycles. The molecule has 2 heterocycles. The van der Waals surface area contributed by atoms with Gasteiger partial charge in [-0.15, -0.1) is 5.10 Å². The van der Waals surface area contributed by atoms with Crippen LogP contribution in [0.2, 0.25) is 0 Å². The first-order valence-corrected chi connectivity index (χ1v) is 8.32. The van der Waals surface area contributed by atoms with Gasteiger partial charge in [-0.1, -0.05) is 6.07 Å². The average molecular weight is 351 g/mol. The van der Waals surface area contributed by atoms with E-state index < -0.39 is 0 Å². The molecule has 2 aromatic heterocycles. The van der Waals surface area contributed by atoms with E-state index in [1.165, 1.54) is 6.07 Å². The summed E-state index contributed by atoms with van der Waals surface area (Å²) in [5.74, 6) is 0.183. The Hall–Kier alpha value is -3.22. The fourth-order valence-corrected chi connectivity index (χ4v) is 2.68. The fraction of sp³-hybridized carbons (Fsp3) is 0.263. The summed E-state index contributed by atoms with van der Waals surface area (Å²) in [7, 11) is 0. The first-order chi connectivity index (χ1) is 12.3. The van der Waals surface area contributed by atoms with Gasteiger partial charge in [-0.25, -0.2) is 9.36 Å². The van der Waals surface area contributed by atoms with Crippen LogP contribution in [0.5, 0.6) is 0 Å². The normalized spacial score (nSPS) is 10.8. The number of carbonyl (C=O) groups is 1. The van der Waals surface area contributed by atoms with Crippen molar-refractivity contribution >= 4 is 11.6 Å². The van der Waals surface area contributed by atoms with Gasteiger partial charge in [0.05, 0.1) is 5.69 Å². The second kappa shape index (κ2) is 6.95. The van der Waals surface area contributed by atoms with Crippen LogP contribution < -0.4 is 10.9 Å². The summed E-state index contributed by atoms with van der Waals surface area (Å²) in [6.45, 7) is 7.61. The molecule has 0 radical (unpaired) electrons. The van der Waals surface area contributed by atoms with Gasteiger partial charge in [0, 0.05) is 17.4 Å². The Morgan fingerprint density at radius 1 is 1.00 bits per heavy atom. The standard InChI is InChI=1S/C19H21N5O2/c1-12-5-6-16(9-13(12)2)20-18(25)11-23-19(26)8-7-17(22-23)24-15(4)10-14(3)21-24/h5-10H,11H2,1-4H3,(H,20,25). The maximum Gasteiger partial charge on any atom is 0.267 e. The third-order valence-corrected chi connectivity index (χ3v) is 4.16. The Kier molecular flexibility index (Phi) is 4.71. The third-order valence-electron chi connectivity index (χ3n) is 4.16. The minimum absolute atomic E-state index is 0.168. The highest BCUT2D eigenvalue weighted by Crippen LogP contribution is 2.14. The molecule has 134 valence electrons. The van der Waals surface area contributed by atoms with Gasteiger partial charge in [0.2, 0.25) is 5.91 Å². The SMILES string of the molecule is Cc1cc(C)n(-c2ccc(=O)n(CC(=O)Nc3ccc(C)c(C)c3)n2)n1. The molecule has 0 saturated carbocycles. The molecule has 0 saturated heterocycles. The van der Waals surface area contributed by atoms with E-state index in [9.17, 15) is 9.59 Å². The van der Waals surface area contributed by atoms with E-state index >= 15 is 0 Å². The Morgan fingerprint density at radius 2 is 1.77 bits per heavy atom. The Bertz CT molecular complexity index is 1030. The predicted molar refractivity (Wildman–Crippen MR) is 99.6 cm³/mol.